The number of rotatable bonds is 10. The van der Waals surface area contributed by atoms with Crippen molar-refractivity contribution < 1.29 is 9.47 Å². The van der Waals surface area contributed by atoms with E-state index in [9.17, 15) is 0 Å². The van der Waals surface area contributed by atoms with E-state index in [0.717, 1.165) is 50.6 Å². The van der Waals surface area contributed by atoms with Gasteiger partial charge >= 0.3 is 0 Å². The standard InChI is InChI=1S/C16H27NO2/c1-4-11-19-16-7-5-15(6-8-16)17-10-13-18-12-9-14(2)3/h5-8,14,17H,4,9-13H2,1-3H3. The van der Waals surface area contributed by atoms with Crippen LogP contribution >= 0.6 is 0 Å². The van der Waals surface area contributed by atoms with Gasteiger partial charge in [-0.15, -0.1) is 0 Å². The highest BCUT2D eigenvalue weighted by Gasteiger charge is 1.96. The van der Waals surface area contributed by atoms with E-state index in [1.165, 1.54) is 0 Å². The summed E-state index contributed by atoms with van der Waals surface area (Å²) in [6.07, 6.45) is 2.16. The maximum absolute atomic E-state index is 5.56. The first-order chi connectivity index (χ1) is 9.22. The van der Waals surface area contributed by atoms with Crippen molar-refractivity contribution >= 4 is 5.69 Å². The number of ether oxygens (including phenoxy) is 2. The van der Waals surface area contributed by atoms with Crippen LogP contribution in [0.5, 0.6) is 5.75 Å². The molecule has 3 heteroatoms. The highest BCUT2D eigenvalue weighted by Crippen LogP contribution is 2.15. The van der Waals surface area contributed by atoms with Gasteiger partial charge in [-0.1, -0.05) is 20.8 Å². The van der Waals surface area contributed by atoms with E-state index in [0.29, 0.717) is 5.92 Å². The summed E-state index contributed by atoms with van der Waals surface area (Å²) in [5.41, 5.74) is 1.11. The van der Waals surface area contributed by atoms with Crippen molar-refractivity contribution in [3.05, 3.63) is 24.3 Å². The topological polar surface area (TPSA) is 30.5 Å². The first-order valence-electron chi connectivity index (χ1n) is 7.27. The molecule has 19 heavy (non-hydrogen) atoms. The first kappa shape index (κ1) is 15.8. The molecule has 0 aliphatic rings. The van der Waals surface area contributed by atoms with E-state index >= 15 is 0 Å². The van der Waals surface area contributed by atoms with Gasteiger partial charge in [0.05, 0.1) is 13.2 Å². The van der Waals surface area contributed by atoms with Crippen molar-refractivity contribution in [2.24, 2.45) is 5.92 Å². The Hall–Kier alpha value is -1.22. The minimum atomic E-state index is 0.712. The van der Waals surface area contributed by atoms with Crippen LogP contribution in [-0.4, -0.2) is 26.4 Å². The molecule has 0 bridgehead atoms. The van der Waals surface area contributed by atoms with Gasteiger partial charge in [0.15, 0.2) is 0 Å². The Balaban J connectivity index is 2.12. The summed E-state index contributed by atoms with van der Waals surface area (Å²) in [5.74, 6) is 1.64. The van der Waals surface area contributed by atoms with Crippen LogP contribution in [0.1, 0.15) is 33.6 Å². The Bertz CT molecular complexity index is 322. The molecule has 0 atom stereocenters. The molecule has 0 aromatic heterocycles. The fraction of sp³-hybridized carbons (Fsp3) is 0.625. The molecule has 1 rings (SSSR count). The molecule has 0 radical (unpaired) electrons. The predicted octanol–water partition coefficient (Wildman–Crippen LogP) is 3.95. The van der Waals surface area contributed by atoms with Crippen LogP contribution in [0.3, 0.4) is 0 Å². The molecule has 0 amide bonds. The Kier molecular flexibility index (Phi) is 8.07. The van der Waals surface area contributed by atoms with Crippen LogP contribution in [0, 0.1) is 5.92 Å². The minimum Gasteiger partial charge on any atom is -0.494 e. The zero-order valence-corrected chi connectivity index (χ0v) is 12.4. The predicted molar refractivity (Wildman–Crippen MR) is 81.0 cm³/mol. The third-order valence-electron chi connectivity index (χ3n) is 2.74. The first-order valence-corrected chi connectivity index (χ1v) is 7.27. The molecule has 3 nitrogen and oxygen atoms in total. The highest BCUT2D eigenvalue weighted by molar-refractivity contribution is 5.46. The number of nitrogens with one attached hydrogen (secondary N) is 1. The smallest absolute Gasteiger partial charge is 0.119 e. The summed E-state index contributed by atoms with van der Waals surface area (Å²) in [6, 6.07) is 8.08. The monoisotopic (exact) mass is 265 g/mol. The van der Waals surface area contributed by atoms with Gasteiger partial charge in [-0.25, -0.2) is 0 Å². The second-order valence-electron chi connectivity index (χ2n) is 5.09. The molecule has 1 N–H and O–H groups in total. The Morgan fingerprint density at radius 1 is 1.05 bits per heavy atom. The second-order valence-corrected chi connectivity index (χ2v) is 5.09. The van der Waals surface area contributed by atoms with Crippen molar-refractivity contribution in [2.75, 3.05) is 31.7 Å². The van der Waals surface area contributed by atoms with Crippen molar-refractivity contribution in [3.63, 3.8) is 0 Å². The van der Waals surface area contributed by atoms with Crippen LogP contribution < -0.4 is 10.1 Å². The molecule has 0 aliphatic heterocycles. The van der Waals surface area contributed by atoms with Gasteiger partial charge in [0.1, 0.15) is 5.75 Å². The Labute approximate surface area is 117 Å². The molecule has 0 saturated carbocycles. The summed E-state index contributed by atoms with van der Waals surface area (Å²) < 4.78 is 11.1. The average Bonchev–Trinajstić information content (AvgIpc) is 2.41. The number of anilines is 1. The van der Waals surface area contributed by atoms with Crippen molar-refractivity contribution in [1.82, 2.24) is 0 Å². The molecule has 1 aromatic rings. The Morgan fingerprint density at radius 3 is 2.42 bits per heavy atom. The number of benzene rings is 1. The zero-order chi connectivity index (χ0) is 13.9. The second kappa shape index (κ2) is 9.68. The third-order valence-corrected chi connectivity index (χ3v) is 2.74. The third kappa shape index (κ3) is 7.73. The van der Waals surface area contributed by atoms with E-state index in [1.807, 2.05) is 24.3 Å². The molecule has 0 unspecified atom stereocenters. The number of hydrogen-bond acceptors (Lipinski definition) is 3. The minimum absolute atomic E-state index is 0.712. The quantitative estimate of drug-likeness (QED) is 0.650. The molecular weight excluding hydrogens is 238 g/mol. The lowest BCUT2D eigenvalue weighted by Gasteiger charge is -2.09. The number of hydrogen-bond donors (Lipinski definition) is 1. The van der Waals surface area contributed by atoms with Gasteiger partial charge in [0.25, 0.3) is 0 Å². The van der Waals surface area contributed by atoms with Crippen LogP contribution in [0.25, 0.3) is 0 Å². The van der Waals surface area contributed by atoms with E-state index < -0.39 is 0 Å². The summed E-state index contributed by atoms with van der Waals surface area (Å²) >= 11 is 0. The molecule has 0 fully saturated rings. The van der Waals surface area contributed by atoms with Gasteiger partial charge in [-0.05, 0) is 43.0 Å². The largest absolute Gasteiger partial charge is 0.494 e. The Morgan fingerprint density at radius 2 is 1.79 bits per heavy atom. The molecule has 1 aromatic carbocycles. The fourth-order valence-electron chi connectivity index (χ4n) is 1.58. The van der Waals surface area contributed by atoms with Crippen LogP contribution in [-0.2, 0) is 4.74 Å². The lowest BCUT2D eigenvalue weighted by molar-refractivity contribution is 0.132. The molecule has 0 aliphatic carbocycles. The van der Waals surface area contributed by atoms with Crippen molar-refractivity contribution in [1.29, 1.82) is 0 Å². The molecule has 0 heterocycles. The lowest BCUT2D eigenvalue weighted by atomic mass is 10.1. The van der Waals surface area contributed by atoms with E-state index in [4.69, 9.17) is 9.47 Å². The summed E-state index contributed by atoms with van der Waals surface area (Å²) in [4.78, 5) is 0. The van der Waals surface area contributed by atoms with Crippen LogP contribution in [0.2, 0.25) is 0 Å². The van der Waals surface area contributed by atoms with E-state index in [2.05, 4.69) is 26.1 Å². The SMILES string of the molecule is CCCOc1ccc(NCCOCCC(C)C)cc1. The molecule has 0 spiro atoms. The fourth-order valence-corrected chi connectivity index (χ4v) is 1.58. The van der Waals surface area contributed by atoms with Gasteiger partial charge < -0.3 is 14.8 Å². The molecular formula is C16H27NO2. The van der Waals surface area contributed by atoms with Crippen LogP contribution in [0.15, 0.2) is 24.3 Å². The summed E-state index contributed by atoms with van der Waals surface area (Å²) in [6.45, 7) is 9.75. The summed E-state index contributed by atoms with van der Waals surface area (Å²) in [5, 5.41) is 3.34. The maximum Gasteiger partial charge on any atom is 0.119 e. The van der Waals surface area contributed by atoms with Crippen LogP contribution in [0.4, 0.5) is 5.69 Å². The van der Waals surface area contributed by atoms with Gasteiger partial charge in [0.2, 0.25) is 0 Å². The molecule has 0 saturated heterocycles. The zero-order valence-electron chi connectivity index (χ0n) is 12.4. The van der Waals surface area contributed by atoms with Gasteiger partial charge in [-0.2, -0.15) is 0 Å². The van der Waals surface area contributed by atoms with E-state index in [-0.39, 0.29) is 0 Å². The molecule has 108 valence electrons. The highest BCUT2D eigenvalue weighted by atomic mass is 16.5. The normalized spacial score (nSPS) is 10.7. The van der Waals surface area contributed by atoms with Gasteiger partial charge in [-0.3, -0.25) is 0 Å². The lowest BCUT2D eigenvalue weighted by Crippen LogP contribution is -2.10. The van der Waals surface area contributed by atoms with Gasteiger partial charge in [0, 0.05) is 18.8 Å². The average molecular weight is 265 g/mol. The maximum atomic E-state index is 5.56. The van der Waals surface area contributed by atoms with E-state index in [1.54, 1.807) is 0 Å². The van der Waals surface area contributed by atoms with Crippen molar-refractivity contribution in [3.8, 4) is 5.75 Å². The van der Waals surface area contributed by atoms with Crippen molar-refractivity contribution in [2.45, 2.75) is 33.6 Å². The summed E-state index contributed by atoms with van der Waals surface area (Å²) in [7, 11) is 0.